The summed E-state index contributed by atoms with van der Waals surface area (Å²) in [6.07, 6.45) is -6.03. The van der Waals surface area contributed by atoms with Crippen LogP contribution < -0.4 is 4.90 Å². The summed E-state index contributed by atoms with van der Waals surface area (Å²) in [6.45, 7) is 0. The van der Waals surface area contributed by atoms with Crippen LogP contribution >= 0.6 is 0 Å². The molecule has 0 saturated carbocycles. The second-order valence-electron chi connectivity index (χ2n) is 5.16. The second kappa shape index (κ2) is 6.39. The number of fused-ring (bicyclic) bond motifs is 1. The lowest BCUT2D eigenvalue weighted by Crippen LogP contribution is -2.48. The molecule has 124 valence electrons. The van der Waals surface area contributed by atoms with Crippen LogP contribution in [0.1, 0.15) is 18.4 Å². The minimum atomic E-state index is -5.12. The van der Waals surface area contributed by atoms with Gasteiger partial charge in [0.1, 0.15) is 5.78 Å². The van der Waals surface area contributed by atoms with Crippen LogP contribution in [0.3, 0.4) is 0 Å². The van der Waals surface area contributed by atoms with Crippen molar-refractivity contribution in [3.63, 3.8) is 0 Å². The lowest BCUT2D eigenvalue weighted by molar-refractivity contribution is -0.171. The van der Waals surface area contributed by atoms with E-state index in [0.717, 1.165) is 7.11 Å². The molecule has 0 fully saturated rings. The van der Waals surface area contributed by atoms with Crippen LogP contribution in [0.2, 0.25) is 0 Å². The molecule has 0 aromatic heterocycles. The maximum Gasteiger partial charge on any atom is 0.471 e. The van der Waals surface area contributed by atoms with Crippen molar-refractivity contribution in [1.82, 2.24) is 0 Å². The highest BCUT2D eigenvalue weighted by Crippen LogP contribution is 2.33. The lowest BCUT2D eigenvalue weighted by atomic mass is 10.0. The Kier molecular flexibility index (Phi) is 4.72. The standard InChI is InChI=1S/C15H14F3NO4/c1-23-13(21)8-10-7-11(20)6-9-4-2-3-5-12(9)19(10)14(22)15(16,17)18/h2-5,10H,6-8H2,1H3. The first-order valence-corrected chi connectivity index (χ1v) is 6.81. The zero-order chi connectivity index (χ0) is 17.2. The second-order valence-corrected chi connectivity index (χ2v) is 5.16. The van der Waals surface area contributed by atoms with Gasteiger partial charge in [0, 0.05) is 18.5 Å². The molecule has 1 aromatic rings. The molecule has 0 bridgehead atoms. The number of carbonyl (C=O) groups is 3. The van der Waals surface area contributed by atoms with Gasteiger partial charge in [-0.05, 0) is 11.6 Å². The van der Waals surface area contributed by atoms with Crippen molar-refractivity contribution >= 4 is 23.3 Å². The van der Waals surface area contributed by atoms with E-state index >= 15 is 0 Å². The molecular weight excluding hydrogens is 315 g/mol. The van der Waals surface area contributed by atoms with E-state index in [1.807, 2.05) is 0 Å². The highest BCUT2D eigenvalue weighted by Gasteiger charge is 2.47. The van der Waals surface area contributed by atoms with Crippen LogP contribution in [0, 0.1) is 0 Å². The van der Waals surface area contributed by atoms with E-state index in [2.05, 4.69) is 4.74 Å². The summed E-state index contributed by atoms with van der Waals surface area (Å²) in [5.74, 6) is -3.24. The number of anilines is 1. The fourth-order valence-corrected chi connectivity index (χ4v) is 2.58. The summed E-state index contributed by atoms with van der Waals surface area (Å²) in [7, 11) is 1.09. The minimum absolute atomic E-state index is 0.00502. The topological polar surface area (TPSA) is 63.7 Å². The van der Waals surface area contributed by atoms with Crippen molar-refractivity contribution in [2.45, 2.75) is 31.5 Å². The molecule has 0 N–H and O–H groups in total. The monoisotopic (exact) mass is 329 g/mol. The number of ether oxygens (including phenoxy) is 1. The summed E-state index contributed by atoms with van der Waals surface area (Å²) < 4.78 is 43.3. The van der Waals surface area contributed by atoms with Gasteiger partial charge in [0.25, 0.3) is 0 Å². The maximum absolute atomic E-state index is 13.0. The molecule has 1 unspecified atom stereocenters. The first kappa shape index (κ1) is 17.0. The average molecular weight is 329 g/mol. The van der Waals surface area contributed by atoms with E-state index in [1.54, 1.807) is 6.07 Å². The molecule has 1 amide bonds. The predicted molar refractivity (Wildman–Crippen MR) is 73.7 cm³/mol. The molecule has 23 heavy (non-hydrogen) atoms. The van der Waals surface area contributed by atoms with Gasteiger partial charge in [0.2, 0.25) is 0 Å². The molecule has 0 spiro atoms. The van der Waals surface area contributed by atoms with Gasteiger partial charge in [-0.15, -0.1) is 0 Å². The van der Waals surface area contributed by atoms with Crippen LogP contribution in [-0.2, 0) is 25.5 Å². The molecule has 5 nitrogen and oxygen atoms in total. The SMILES string of the molecule is COC(=O)CC1CC(=O)Cc2ccccc2N1C(=O)C(F)(F)F. The first-order valence-electron chi connectivity index (χ1n) is 6.81. The average Bonchev–Trinajstić information content (AvgIpc) is 2.60. The number of Topliss-reactive ketones (excluding diaryl/α,β-unsaturated/α-hetero) is 1. The fourth-order valence-electron chi connectivity index (χ4n) is 2.58. The van der Waals surface area contributed by atoms with E-state index in [1.165, 1.54) is 18.2 Å². The number of halogens is 3. The fraction of sp³-hybridized carbons (Fsp3) is 0.400. The molecule has 1 atom stereocenters. The number of hydrogen-bond donors (Lipinski definition) is 0. The molecule has 0 aliphatic carbocycles. The van der Waals surface area contributed by atoms with Gasteiger partial charge in [0.05, 0.1) is 19.6 Å². The van der Waals surface area contributed by atoms with Gasteiger partial charge in [-0.25, -0.2) is 0 Å². The quantitative estimate of drug-likeness (QED) is 0.779. The van der Waals surface area contributed by atoms with Crippen molar-refractivity contribution in [2.75, 3.05) is 12.0 Å². The number of alkyl halides is 3. The molecular formula is C15H14F3NO4. The van der Waals surface area contributed by atoms with E-state index in [-0.39, 0.29) is 24.3 Å². The number of ketones is 1. The first-order chi connectivity index (χ1) is 10.7. The molecule has 1 aliphatic heterocycles. The van der Waals surface area contributed by atoms with Gasteiger partial charge in [0.15, 0.2) is 0 Å². The Morgan fingerprint density at radius 3 is 2.57 bits per heavy atom. The zero-order valence-corrected chi connectivity index (χ0v) is 12.2. The summed E-state index contributed by atoms with van der Waals surface area (Å²) in [4.78, 5) is 35.8. The summed E-state index contributed by atoms with van der Waals surface area (Å²) >= 11 is 0. The van der Waals surface area contributed by atoms with Crippen LogP contribution in [0.4, 0.5) is 18.9 Å². The van der Waals surface area contributed by atoms with Crippen molar-refractivity contribution in [2.24, 2.45) is 0 Å². The van der Waals surface area contributed by atoms with Crippen LogP contribution in [0.15, 0.2) is 24.3 Å². The number of amides is 1. The maximum atomic E-state index is 13.0. The Labute approximate surface area is 130 Å². The Bertz CT molecular complexity index is 640. The molecule has 8 heteroatoms. The third kappa shape index (κ3) is 3.69. The minimum Gasteiger partial charge on any atom is -0.469 e. The number of methoxy groups -OCH3 is 1. The van der Waals surface area contributed by atoms with E-state index in [4.69, 9.17) is 0 Å². The molecule has 2 rings (SSSR count). The number of benzene rings is 1. The largest absolute Gasteiger partial charge is 0.471 e. The predicted octanol–water partition coefficient (Wildman–Crippen LogP) is 2.03. The molecule has 0 saturated heterocycles. The zero-order valence-electron chi connectivity index (χ0n) is 12.2. The number of nitrogens with zero attached hydrogens (tertiary/aromatic N) is 1. The number of carbonyl (C=O) groups excluding carboxylic acids is 3. The smallest absolute Gasteiger partial charge is 0.469 e. The van der Waals surface area contributed by atoms with Gasteiger partial charge < -0.3 is 9.64 Å². The number of rotatable bonds is 2. The Hall–Kier alpha value is -2.38. The van der Waals surface area contributed by atoms with Crippen LogP contribution in [0.25, 0.3) is 0 Å². The summed E-state index contributed by atoms with van der Waals surface area (Å²) in [5.41, 5.74) is 0.317. The van der Waals surface area contributed by atoms with E-state index < -0.39 is 30.5 Å². The molecule has 1 heterocycles. The lowest BCUT2D eigenvalue weighted by Gasteiger charge is -2.30. The van der Waals surface area contributed by atoms with Crippen LogP contribution in [-0.4, -0.2) is 37.0 Å². The molecule has 0 radical (unpaired) electrons. The van der Waals surface area contributed by atoms with Gasteiger partial charge in [-0.3, -0.25) is 14.4 Å². The number of para-hydroxylation sites is 1. The Balaban J connectivity index is 2.53. The van der Waals surface area contributed by atoms with Crippen molar-refractivity contribution in [3.05, 3.63) is 29.8 Å². The highest BCUT2D eigenvalue weighted by atomic mass is 19.4. The third-order valence-corrected chi connectivity index (χ3v) is 3.56. The normalized spacial score (nSPS) is 18.2. The van der Waals surface area contributed by atoms with E-state index in [0.29, 0.717) is 10.5 Å². The number of esters is 1. The molecule has 1 aliphatic rings. The summed E-state index contributed by atoms with van der Waals surface area (Å²) in [6, 6.07) is 4.64. The van der Waals surface area contributed by atoms with Gasteiger partial charge in [-0.2, -0.15) is 13.2 Å². The van der Waals surface area contributed by atoms with Crippen LogP contribution in [0.5, 0.6) is 0 Å². The Morgan fingerprint density at radius 2 is 1.96 bits per heavy atom. The van der Waals surface area contributed by atoms with Gasteiger partial charge in [-0.1, -0.05) is 18.2 Å². The summed E-state index contributed by atoms with van der Waals surface area (Å²) in [5, 5.41) is 0. The van der Waals surface area contributed by atoms with Crippen molar-refractivity contribution in [3.8, 4) is 0 Å². The van der Waals surface area contributed by atoms with E-state index in [9.17, 15) is 27.6 Å². The Morgan fingerprint density at radius 1 is 1.30 bits per heavy atom. The third-order valence-electron chi connectivity index (χ3n) is 3.56. The van der Waals surface area contributed by atoms with Crippen molar-refractivity contribution < 1.29 is 32.3 Å². The van der Waals surface area contributed by atoms with Crippen molar-refractivity contribution in [1.29, 1.82) is 0 Å². The molecule has 1 aromatic carbocycles. The number of hydrogen-bond acceptors (Lipinski definition) is 4. The van der Waals surface area contributed by atoms with Gasteiger partial charge >= 0.3 is 18.1 Å². The highest BCUT2D eigenvalue weighted by molar-refractivity contribution is 6.01.